The van der Waals surface area contributed by atoms with Crippen LogP contribution in [0.3, 0.4) is 0 Å². The standard InChI is InChI=1S/C13H22N4O2S/c1-11(12-5-4-7-15-10-12)16-20(18,19)17-8-3-2-6-13(17)9-14/h4-5,7,10-11,13,16H,2-3,6,8-9,14H2,1H3. The first-order valence-corrected chi connectivity index (χ1v) is 8.37. The highest BCUT2D eigenvalue weighted by atomic mass is 32.2. The Morgan fingerprint density at radius 2 is 2.35 bits per heavy atom. The van der Waals surface area contributed by atoms with E-state index in [1.165, 1.54) is 4.31 Å². The average Bonchev–Trinajstić information content (AvgIpc) is 2.47. The molecule has 0 saturated carbocycles. The van der Waals surface area contributed by atoms with Crippen LogP contribution in [0.15, 0.2) is 24.5 Å². The third-order valence-corrected chi connectivity index (χ3v) is 5.41. The molecule has 0 spiro atoms. The van der Waals surface area contributed by atoms with E-state index in [9.17, 15) is 8.42 Å². The summed E-state index contributed by atoms with van der Waals surface area (Å²) in [6, 6.07) is 3.25. The van der Waals surface area contributed by atoms with Gasteiger partial charge < -0.3 is 5.73 Å². The van der Waals surface area contributed by atoms with Crippen molar-refractivity contribution in [1.29, 1.82) is 0 Å². The van der Waals surface area contributed by atoms with Crippen LogP contribution in [-0.2, 0) is 10.2 Å². The molecule has 1 fully saturated rings. The van der Waals surface area contributed by atoms with Gasteiger partial charge in [0.15, 0.2) is 0 Å². The first-order chi connectivity index (χ1) is 9.54. The molecule has 20 heavy (non-hydrogen) atoms. The van der Waals surface area contributed by atoms with E-state index in [0.29, 0.717) is 13.1 Å². The van der Waals surface area contributed by atoms with Crippen LogP contribution < -0.4 is 10.5 Å². The van der Waals surface area contributed by atoms with Crippen molar-refractivity contribution in [3.63, 3.8) is 0 Å². The molecule has 6 nitrogen and oxygen atoms in total. The molecule has 0 bridgehead atoms. The normalized spacial score (nSPS) is 22.6. The highest BCUT2D eigenvalue weighted by Crippen LogP contribution is 2.21. The summed E-state index contributed by atoms with van der Waals surface area (Å²) in [5.41, 5.74) is 6.53. The molecule has 2 atom stereocenters. The van der Waals surface area contributed by atoms with E-state index in [1.807, 2.05) is 13.0 Å². The average molecular weight is 298 g/mol. The Bertz CT molecular complexity index is 520. The van der Waals surface area contributed by atoms with Gasteiger partial charge in [-0.2, -0.15) is 17.4 Å². The summed E-state index contributed by atoms with van der Waals surface area (Å²) in [6.07, 6.45) is 6.09. The van der Waals surface area contributed by atoms with Gasteiger partial charge in [0, 0.05) is 37.6 Å². The van der Waals surface area contributed by atoms with Gasteiger partial charge in [-0.1, -0.05) is 12.5 Å². The molecule has 112 valence electrons. The quantitative estimate of drug-likeness (QED) is 0.841. The van der Waals surface area contributed by atoms with Crippen LogP contribution in [0.25, 0.3) is 0 Å². The molecule has 1 aliphatic heterocycles. The van der Waals surface area contributed by atoms with Crippen LogP contribution in [0.1, 0.15) is 37.8 Å². The fraction of sp³-hybridized carbons (Fsp3) is 0.615. The third kappa shape index (κ3) is 3.54. The molecule has 0 amide bonds. The Hall–Kier alpha value is -1.02. The molecule has 3 N–H and O–H groups in total. The molecule has 0 radical (unpaired) electrons. The summed E-state index contributed by atoms with van der Waals surface area (Å²) in [4.78, 5) is 4.01. The van der Waals surface area contributed by atoms with E-state index < -0.39 is 10.2 Å². The summed E-state index contributed by atoms with van der Waals surface area (Å²) < 4.78 is 29.2. The van der Waals surface area contributed by atoms with Gasteiger partial charge in [-0.25, -0.2) is 0 Å². The Kier molecular flexibility index (Phi) is 5.09. The van der Waals surface area contributed by atoms with Crippen molar-refractivity contribution in [2.45, 2.75) is 38.3 Å². The first-order valence-electron chi connectivity index (χ1n) is 6.93. The lowest BCUT2D eigenvalue weighted by atomic mass is 10.1. The number of nitrogens with one attached hydrogen (secondary N) is 1. The zero-order valence-corrected chi connectivity index (χ0v) is 12.5. The van der Waals surface area contributed by atoms with Crippen LogP contribution in [-0.4, -0.2) is 36.8 Å². The van der Waals surface area contributed by atoms with Crippen LogP contribution in [0.4, 0.5) is 0 Å². The summed E-state index contributed by atoms with van der Waals surface area (Å²) in [7, 11) is -3.52. The fourth-order valence-electron chi connectivity index (χ4n) is 2.52. The lowest BCUT2D eigenvalue weighted by Crippen LogP contribution is -2.52. The maximum atomic E-state index is 12.5. The molecule has 1 aliphatic rings. The molecule has 1 saturated heterocycles. The van der Waals surface area contributed by atoms with Crippen molar-refractivity contribution >= 4 is 10.2 Å². The van der Waals surface area contributed by atoms with Crippen molar-refractivity contribution < 1.29 is 8.42 Å². The van der Waals surface area contributed by atoms with Crippen LogP contribution in [0.2, 0.25) is 0 Å². The lowest BCUT2D eigenvalue weighted by molar-refractivity contribution is 0.253. The largest absolute Gasteiger partial charge is 0.329 e. The number of piperidine rings is 1. The van der Waals surface area contributed by atoms with E-state index in [0.717, 1.165) is 24.8 Å². The van der Waals surface area contributed by atoms with Crippen LogP contribution in [0.5, 0.6) is 0 Å². The van der Waals surface area contributed by atoms with Gasteiger partial charge in [-0.05, 0) is 31.4 Å². The van der Waals surface area contributed by atoms with E-state index in [1.54, 1.807) is 18.5 Å². The van der Waals surface area contributed by atoms with E-state index in [2.05, 4.69) is 9.71 Å². The van der Waals surface area contributed by atoms with Gasteiger partial charge in [0.25, 0.3) is 10.2 Å². The Balaban J connectivity index is 2.10. The summed E-state index contributed by atoms with van der Waals surface area (Å²) in [5, 5.41) is 0. The highest BCUT2D eigenvalue weighted by Gasteiger charge is 2.32. The third-order valence-electron chi connectivity index (χ3n) is 3.66. The number of pyridine rings is 1. The molecular weight excluding hydrogens is 276 g/mol. The molecule has 7 heteroatoms. The van der Waals surface area contributed by atoms with Crippen molar-refractivity contribution in [3.8, 4) is 0 Å². The zero-order valence-electron chi connectivity index (χ0n) is 11.7. The second kappa shape index (κ2) is 6.62. The van der Waals surface area contributed by atoms with Crippen molar-refractivity contribution in [1.82, 2.24) is 14.0 Å². The zero-order chi connectivity index (χ0) is 14.6. The number of nitrogens with two attached hydrogens (primary N) is 1. The molecule has 1 aromatic rings. The fourth-order valence-corrected chi connectivity index (χ4v) is 4.19. The number of hydrogen-bond acceptors (Lipinski definition) is 4. The van der Waals surface area contributed by atoms with Crippen LogP contribution in [0, 0.1) is 0 Å². The second-order valence-corrected chi connectivity index (χ2v) is 6.78. The van der Waals surface area contributed by atoms with Gasteiger partial charge in [0.05, 0.1) is 0 Å². The van der Waals surface area contributed by atoms with E-state index in [-0.39, 0.29) is 12.1 Å². The summed E-state index contributed by atoms with van der Waals surface area (Å²) >= 11 is 0. The number of hydrogen-bond donors (Lipinski definition) is 2. The highest BCUT2D eigenvalue weighted by molar-refractivity contribution is 7.87. The van der Waals surface area contributed by atoms with Crippen molar-refractivity contribution in [3.05, 3.63) is 30.1 Å². The van der Waals surface area contributed by atoms with Gasteiger partial charge in [-0.3, -0.25) is 4.98 Å². The topological polar surface area (TPSA) is 88.3 Å². The number of rotatable bonds is 5. The van der Waals surface area contributed by atoms with Gasteiger partial charge in [0.1, 0.15) is 0 Å². The lowest BCUT2D eigenvalue weighted by Gasteiger charge is -2.34. The summed E-state index contributed by atoms with van der Waals surface area (Å²) in [6.45, 7) is 2.72. The summed E-state index contributed by atoms with van der Waals surface area (Å²) in [5.74, 6) is 0. The number of aromatic nitrogens is 1. The maximum Gasteiger partial charge on any atom is 0.280 e. The van der Waals surface area contributed by atoms with Crippen molar-refractivity contribution in [2.24, 2.45) is 5.73 Å². The SMILES string of the molecule is CC(NS(=O)(=O)N1CCCCC1CN)c1cccnc1. The first kappa shape index (κ1) is 15.4. The monoisotopic (exact) mass is 298 g/mol. The minimum Gasteiger partial charge on any atom is -0.329 e. The molecule has 1 aromatic heterocycles. The molecule has 2 heterocycles. The molecule has 0 aromatic carbocycles. The Morgan fingerprint density at radius 3 is 3.00 bits per heavy atom. The number of nitrogens with zero attached hydrogens (tertiary/aromatic N) is 2. The van der Waals surface area contributed by atoms with Crippen molar-refractivity contribution in [2.75, 3.05) is 13.1 Å². The second-order valence-electron chi connectivity index (χ2n) is 5.13. The molecule has 0 aliphatic carbocycles. The predicted molar refractivity (Wildman–Crippen MR) is 78.1 cm³/mol. The smallest absolute Gasteiger partial charge is 0.280 e. The molecular formula is C13H22N4O2S. The Labute approximate surface area is 120 Å². The van der Waals surface area contributed by atoms with E-state index in [4.69, 9.17) is 5.73 Å². The predicted octanol–water partition coefficient (Wildman–Crippen LogP) is 0.790. The van der Waals surface area contributed by atoms with Gasteiger partial charge >= 0.3 is 0 Å². The molecule has 2 unspecified atom stereocenters. The van der Waals surface area contributed by atoms with Gasteiger partial charge in [-0.15, -0.1) is 0 Å². The van der Waals surface area contributed by atoms with Crippen LogP contribution >= 0.6 is 0 Å². The van der Waals surface area contributed by atoms with E-state index >= 15 is 0 Å². The minimum atomic E-state index is -3.52. The maximum absolute atomic E-state index is 12.5. The molecule has 2 rings (SSSR count). The Morgan fingerprint density at radius 1 is 1.55 bits per heavy atom. The minimum absolute atomic E-state index is 0.0950. The van der Waals surface area contributed by atoms with Gasteiger partial charge in [0.2, 0.25) is 0 Å².